The van der Waals surface area contributed by atoms with Gasteiger partial charge in [0.25, 0.3) is 0 Å². The molecule has 2 rings (SSSR count). The van der Waals surface area contributed by atoms with Gasteiger partial charge in [-0.25, -0.2) is 0 Å². The molecule has 0 radical (unpaired) electrons. The number of hydrogen-bond acceptors (Lipinski definition) is 5. The Morgan fingerprint density at radius 1 is 1.23 bits per heavy atom. The maximum absolute atomic E-state index is 5.68. The molecule has 0 aromatic carbocycles. The van der Waals surface area contributed by atoms with Crippen LogP contribution in [0.25, 0.3) is 0 Å². The topological polar surface area (TPSA) is 67.4 Å². The Morgan fingerprint density at radius 3 is 2.69 bits per heavy atom. The second-order valence-electron chi connectivity index (χ2n) is 7.39. The number of guanidine groups is 1. The fraction of sp³-hybridized carbons (Fsp3) is 0.947. The first-order valence-electron chi connectivity index (χ1n) is 10.2. The van der Waals surface area contributed by atoms with Crippen molar-refractivity contribution in [2.24, 2.45) is 4.99 Å². The number of piperidine rings is 1. The van der Waals surface area contributed by atoms with E-state index in [1.54, 1.807) is 0 Å². The summed E-state index contributed by atoms with van der Waals surface area (Å²) in [5.41, 5.74) is 0. The van der Waals surface area contributed by atoms with Gasteiger partial charge in [-0.2, -0.15) is 0 Å². The third-order valence-electron chi connectivity index (χ3n) is 4.88. The van der Waals surface area contributed by atoms with E-state index in [1.165, 1.54) is 0 Å². The minimum atomic E-state index is 0.295. The van der Waals surface area contributed by atoms with Crippen molar-refractivity contribution in [3.05, 3.63) is 0 Å². The average molecular weight is 371 g/mol. The van der Waals surface area contributed by atoms with Crippen molar-refractivity contribution in [1.82, 2.24) is 15.5 Å². The second kappa shape index (κ2) is 12.5. The third-order valence-corrected chi connectivity index (χ3v) is 4.88. The van der Waals surface area contributed by atoms with E-state index in [-0.39, 0.29) is 0 Å². The summed E-state index contributed by atoms with van der Waals surface area (Å²) < 4.78 is 16.9. The van der Waals surface area contributed by atoms with Gasteiger partial charge in [0.15, 0.2) is 5.96 Å². The van der Waals surface area contributed by atoms with Crippen LogP contribution in [0.15, 0.2) is 4.99 Å². The van der Waals surface area contributed by atoms with Gasteiger partial charge in [-0.15, -0.1) is 0 Å². The SMILES string of the molecule is CN=C(NCCOCC1CCCO1)NC1CCN(CCOC(C)C)CC1. The van der Waals surface area contributed by atoms with E-state index >= 15 is 0 Å². The lowest BCUT2D eigenvalue weighted by atomic mass is 10.1. The summed E-state index contributed by atoms with van der Waals surface area (Å²) in [4.78, 5) is 6.81. The van der Waals surface area contributed by atoms with Crippen LogP contribution in [0, 0.1) is 0 Å². The Balaban J connectivity index is 1.51. The number of nitrogens with one attached hydrogen (secondary N) is 2. The summed E-state index contributed by atoms with van der Waals surface area (Å²) in [6.45, 7) is 11.3. The maximum atomic E-state index is 5.68. The van der Waals surface area contributed by atoms with Crippen LogP contribution < -0.4 is 10.6 Å². The van der Waals surface area contributed by atoms with Crippen LogP contribution >= 0.6 is 0 Å². The highest BCUT2D eigenvalue weighted by Gasteiger charge is 2.20. The molecule has 2 aliphatic rings. The molecule has 0 amide bonds. The van der Waals surface area contributed by atoms with Gasteiger partial charge in [0, 0.05) is 45.9 Å². The van der Waals surface area contributed by atoms with Crippen molar-refractivity contribution in [1.29, 1.82) is 0 Å². The summed E-state index contributed by atoms with van der Waals surface area (Å²) in [6, 6.07) is 0.483. The minimum absolute atomic E-state index is 0.295. The van der Waals surface area contributed by atoms with Crippen LogP contribution in [0.2, 0.25) is 0 Å². The highest BCUT2D eigenvalue weighted by molar-refractivity contribution is 5.79. The van der Waals surface area contributed by atoms with E-state index in [9.17, 15) is 0 Å². The molecule has 0 saturated carbocycles. The molecule has 0 spiro atoms. The monoisotopic (exact) mass is 370 g/mol. The molecule has 0 aromatic heterocycles. The van der Waals surface area contributed by atoms with Crippen LogP contribution in [0.5, 0.6) is 0 Å². The fourth-order valence-electron chi connectivity index (χ4n) is 3.34. The van der Waals surface area contributed by atoms with Crippen LogP contribution in [0.3, 0.4) is 0 Å². The minimum Gasteiger partial charge on any atom is -0.377 e. The van der Waals surface area contributed by atoms with Gasteiger partial charge in [-0.1, -0.05) is 0 Å². The zero-order chi connectivity index (χ0) is 18.6. The van der Waals surface area contributed by atoms with E-state index in [4.69, 9.17) is 14.2 Å². The Morgan fingerprint density at radius 2 is 2.04 bits per heavy atom. The average Bonchev–Trinajstić information content (AvgIpc) is 3.15. The Hall–Kier alpha value is -0.890. The van der Waals surface area contributed by atoms with E-state index in [2.05, 4.69) is 34.4 Å². The lowest BCUT2D eigenvalue weighted by Gasteiger charge is -2.33. The molecule has 1 unspecified atom stereocenters. The van der Waals surface area contributed by atoms with Crippen molar-refractivity contribution < 1.29 is 14.2 Å². The Labute approximate surface area is 158 Å². The first-order chi connectivity index (χ1) is 12.7. The Kier molecular flexibility index (Phi) is 10.3. The molecule has 1 atom stereocenters. The summed E-state index contributed by atoms with van der Waals surface area (Å²) >= 11 is 0. The number of likely N-dealkylation sites (tertiary alicyclic amines) is 1. The van der Waals surface area contributed by atoms with Crippen molar-refractivity contribution in [2.75, 3.05) is 59.7 Å². The van der Waals surface area contributed by atoms with Gasteiger partial charge in [-0.3, -0.25) is 4.99 Å². The molecule has 0 bridgehead atoms. The third kappa shape index (κ3) is 8.66. The summed E-state index contributed by atoms with van der Waals surface area (Å²) in [6.07, 6.45) is 5.17. The predicted molar refractivity (Wildman–Crippen MR) is 105 cm³/mol. The van der Waals surface area contributed by atoms with Crippen molar-refractivity contribution in [3.8, 4) is 0 Å². The molecule has 2 saturated heterocycles. The standard InChI is InChI=1S/C19H38N4O3/c1-16(2)25-14-11-23-9-6-17(7-10-23)22-19(20-3)21-8-13-24-15-18-5-4-12-26-18/h16-18H,4-15H2,1-3H3,(H2,20,21,22). The number of rotatable bonds is 10. The summed E-state index contributed by atoms with van der Waals surface area (Å²) in [7, 11) is 1.82. The van der Waals surface area contributed by atoms with Crippen LogP contribution in [0.1, 0.15) is 39.5 Å². The number of nitrogens with zero attached hydrogens (tertiary/aromatic N) is 2. The zero-order valence-corrected chi connectivity index (χ0v) is 16.8. The van der Waals surface area contributed by atoms with Crippen molar-refractivity contribution in [3.63, 3.8) is 0 Å². The molecule has 2 heterocycles. The maximum Gasteiger partial charge on any atom is 0.191 e. The van der Waals surface area contributed by atoms with E-state index in [1.807, 2.05) is 7.05 Å². The molecule has 2 N–H and O–H groups in total. The van der Waals surface area contributed by atoms with Gasteiger partial charge in [0.05, 0.1) is 32.0 Å². The first-order valence-corrected chi connectivity index (χ1v) is 10.2. The molecule has 2 aliphatic heterocycles. The van der Waals surface area contributed by atoms with Gasteiger partial charge >= 0.3 is 0 Å². The van der Waals surface area contributed by atoms with Crippen molar-refractivity contribution >= 4 is 5.96 Å². The highest BCUT2D eigenvalue weighted by Crippen LogP contribution is 2.12. The van der Waals surface area contributed by atoms with Gasteiger partial charge in [0.1, 0.15) is 0 Å². The summed E-state index contributed by atoms with van der Waals surface area (Å²) in [5, 5.41) is 6.87. The van der Waals surface area contributed by atoms with Gasteiger partial charge in [0.2, 0.25) is 0 Å². The number of hydrogen-bond donors (Lipinski definition) is 2. The fourth-order valence-corrected chi connectivity index (χ4v) is 3.34. The molecular formula is C19H38N4O3. The molecule has 152 valence electrons. The van der Waals surface area contributed by atoms with E-state index in [0.29, 0.717) is 31.5 Å². The molecule has 0 aromatic rings. The van der Waals surface area contributed by atoms with Crippen molar-refractivity contribution in [2.45, 2.75) is 57.8 Å². The highest BCUT2D eigenvalue weighted by atomic mass is 16.5. The molecule has 0 aliphatic carbocycles. The second-order valence-corrected chi connectivity index (χ2v) is 7.39. The van der Waals surface area contributed by atoms with Crippen LogP contribution in [0.4, 0.5) is 0 Å². The van der Waals surface area contributed by atoms with Crippen LogP contribution in [-0.2, 0) is 14.2 Å². The molecule has 7 nitrogen and oxygen atoms in total. The number of aliphatic imine (C=N–C) groups is 1. The smallest absolute Gasteiger partial charge is 0.191 e. The zero-order valence-electron chi connectivity index (χ0n) is 16.8. The quantitative estimate of drug-likeness (QED) is 0.343. The van der Waals surface area contributed by atoms with Gasteiger partial charge < -0.3 is 29.7 Å². The van der Waals surface area contributed by atoms with Crippen LogP contribution in [-0.4, -0.2) is 88.8 Å². The molecular weight excluding hydrogens is 332 g/mol. The molecule has 26 heavy (non-hydrogen) atoms. The first kappa shape index (κ1) is 21.4. The largest absolute Gasteiger partial charge is 0.377 e. The normalized spacial score (nSPS) is 22.9. The van der Waals surface area contributed by atoms with E-state index < -0.39 is 0 Å². The van der Waals surface area contributed by atoms with E-state index in [0.717, 1.165) is 71.0 Å². The lowest BCUT2D eigenvalue weighted by molar-refractivity contribution is 0.0191. The van der Waals surface area contributed by atoms with Gasteiger partial charge in [-0.05, 0) is 39.5 Å². The Bertz CT molecular complexity index is 392. The lowest BCUT2D eigenvalue weighted by Crippen LogP contribution is -2.49. The molecule has 2 fully saturated rings. The molecule has 7 heteroatoms. The number of ether oxygens (including phenoxy) is 3. The summed E-state index contributed by atoms with van der Waals surface area (Å²) in [5.74, 6) is 0.868. The predicted octanol–water partition coefficient (Wildman–Crippen LogP) is 1.24.